The topological polar surface area (TPSA) is 41.1 Å². The summed E-state index contributed by atoms with van der Waals surface area (Å²) in [6.45, 7) is 3.59. The lowest BCUT2D eigenvalue weighted by atomic mass is 10.2. The van der Waals surface area contributed by atoms with Gasteiger partial charge in [-0.1, -0.05) is 23.8 Å². The molecule has 0 aliphatic carbocycles. The number of halogens is 1. The Hall–Kier alpha value is -2.36. The van der Waals surface area contributed by atoms with Crippen molar-refractivity contribution in [3.63, 3.8) is 0 Å². The summed E-state index contributed by atoms with van der Waals surface area (Å²) < 4.78 is 13.3. The van der Waals surface area contributed by atoms with Gasteiger partial charge in [0.15, 0.2) is 0 Å². The third-order valence-electron chi connectivity index (χ3n) is 2.83. The smallest absolute Gasteiger partial charge is 0.308 e. The molecule has 0 aromatic heterocycles. The Morgan fingerprint density at radius 1 is 1.00 bits per heavy atom. The van der Waals surface area contributed by atoms with Gasteiger partial charge in [0.1, 0.15) is 5.82 Å². The molecular weight excluding hydrogens is 243 g/mol. The first kappa shape index (κ1) is 13.1. The van der Waals surface area contributed by atoms with Crippen molar-refractivity contribution < 1.29 is 9.18 Å². The van der Waals surface area contributed by atoms with Crippen molar-refractivity contribution in [3.05, 3.63) is 59.4 Å². The summed E-state index contributed by atoms with van der Waals surface area (Å²) >= 11 is 0. The van der Waals surface area contributed by atoms with Gasteiger partial charge in [0.25, 0.3) is 0 Å². The zero-order valence-corrected chi connectivity index (χ0v) is 10.8. The zero-order valence-electron chi connectivity index (χ0n) is 10.8. The Balaban J connectivity index is 2.05. The molecule has 0 spiro atoms. The van der Waals surface area contributed by atoms with Gasteiger partial charge in [-0.25, -0.2) is 9.18 Å². The van der Waals surface area contributed by atoms with Gasteiger partial charge >= 0.3 is 6.03 Å². The second-order valence-corrected chi connectivity index (χ2v) is 4.36. The number of rotatable bonds is 2. The SMILES string of the molecule is Cc1ccc(NC(=O)Nc2cccc(F)c2C)cc1. The molecule has 0 unspecified atom stereocenters. The monoisotopic (exact) mass is 258 g/mol. The normalized spacial score (nSPS) is 10.1. The molecule has 0 heterocycles. The van der Waals surface area contributed by atoms with Gasteiger partial charge in [-0.05, 0) is 38.1 Å². The molecule has 2 rings (SSSR count). The van der Waals surface area contributed by atoms with Crippen LogP contribution in [0.3, 0.4) is 0 Å². The summed E-state index contributed by atoms with van der Waals surface area (Å²) in [6, 6.07) is 11.6. The van der Waals surface area contributed by atoms with Crippen molar-refractivity contribution in [1.82, 2.24) is 0 Å². The number of nitrogens with one attached hydrogen (secondary N) is 2. The predicted octanol–water partition coefficient (Wildman–Crippen LogP) is 4.09. The number of aryl methyl sites for hydroxylation is 1. The third kappa shape index (κ3) is 3.31. The highest BCUT2D eigenvalue weighted by Gasteiger charge is 2.07. The Kier molecular flexibility index (Phi) is 3.80. The van der Waals surface area contributed by atoms with E-state index in [1.54, 1.807) is 19.1 Å². The molecule has 0 atom stereocenters. The molecule has 2 N–H and O–H groups in total. The highest BCUT2D eigenvalue weighted by molar-refractivity contribution is 6.00. The summed E-state index contributed by atoms with van der Waals surface area (Å²) in [7, 11) is 0. The highest BCUT2D eigenvalue weighted by Crippen LogP contribution is 2.18. The second-order valence-electron chi connectivity index (χ2n) is 4.36. The highest BCUT2D eigenvalue weighted by atomic mass is 19.1. The molecule has 3 nitrogen and oxygen atoms in total. The number of urea groups is 1. The van der Waals surface area contributed by atoms with E-state index in [-0.39, 0.29) is 5.82 Å². The van der Waals surface area contributed by atoms with Gasteiger partial charge in [-0.3, -0.25) is 0 Å². The van der Waals surface area contributed by atoms with E-state index in [1.165, 1.54) is 6.07 Å². The summed E-state index contributed by atoms with van der Waals surface area (Å²) in [4.78, 5) is 11.8. The molecule has 2 aromatic carbocycles. The third-order valence-corrected chi connectivity index (χ3v) is 2.83. The number of hydrogen-bond donors (Lipinski definition) is 2. The predicted molar refractivity (Wildman–Crippen MR) is 75.0 cm³/mol. The van der Waals surface area contributed by atoms with Gasteiger partial charge in [0.2, 0.25) is 0 Å². The molecule has 2 aromatic rings. The minimum atomic E-state index is -0.391. The Morgan fingerprint density at radius 3 is 2.37 bits per heavy atom. The Morgan fingerprint density at radius 2 is 1.68 bits per heavy atom. The lowest BCUT2D eigenvalue weighted by molar-refractivity contribution is 0.262. The fourth-order valence-electron chi connectivity index (χ4n) is 1.66. The fourth-order valence-corrected chi connectivity index (χ4v) is 1.66. The van der Waals surface area contributed by atoms with E-state index in [2.05, 4.69) is 10.6 Å². The molecule has 0 saturated heterocycles. The maximum Gasteiger partial charge on any atom is 0.323 e. The summed E-state index contributed by atoms with van der Waals surface area (Å²) in [5.74, 6) is -0.340. The molecule has 2 amide bonds. The quantitative estimate of drug-likeness (QED) is 0.837. The van der Waals surface area contributed by atoms with Gasteiger partial charge in [-0.2, -0.15) is 0 Å². The minimum absolute atomic E-state index is 0.340. The molecule has 4 heteroatoms. The summed E-state index contributed by atoms with van der Waals surface area (Å²) in [5, 5.41) is 5.32. The fraction of sp³-hybridized carbons (Fsp3) is 0.133. The van der Waals surface area contributed by atoms with E-state index in [0.717, 1.165) is 5.56 Å². The van der Waals surface area contributed by atoms with Crippen LogP contribution in [0.25, 0.3) is 0 Å². The molecular formula is C15H15FN2O. The summed E-state index contributed by atoms with van der Waals surface area (Å²) in [5.41, 5.74) is 2.69. The van der Waals surface area contributed by atoms with E-state index >= 15 is 0 Å². The van der Waals surface area contributed by atoms with Crippen molar-refractivity contribution in [1.29, 1.82) is 0 Å². The summed E-state index contributed by atoms with van der Waals surface area (Å²) in [6.07, 6.45) is 0. The van der Waals surface area contributed by atoms with Crippen LogP contribution in [0.5, 0.6) is 0 Å². The van der Waals surface area contributed by atoms with E-state index in [1.807, 2.05) is 31.2 Å². The van der Waals surface area contributed by atoms with Crippen molar-refractivity contribution in [3.8, 4) is 0 Å². The van der Waals surface area contributed by atoms with Crippen molar-refractivity contribution in [2.45, 2.75) is 13.8 Å². The number of benzene rings is 2. The largest absolute Gasteiger partial charge is 0.323 e. The maximum absolute atomic E-state index is 13.3. The Labute approximate surface area is 111 Å². The van der Waals surface area contributed by atoms with E-state index < -0.39 is 6.03 Å². The second kappa shape index (κ2) is 5.52. The van der Waals surface area contributed by atoms with Crippen LogP contribution < -0.4 is 10.6 Å². The first-order valence-corrected chi connectivity index (χ1v) is 5.96. The van der Waals surface area contributed by atoms with Crippen LogP contribution in [0.15, 0.2) is 42.5 Å². The van der Waals surface area contributed by atoms with Gasteiger partial charge < -0.3 is 10.6 Å². The van der Waals surface area contributed by atoms with Crippen molar-refractivity contribution in [2.24, 2.45) is 0 Å². The van der Waals surface area contributed by atoms with Crippen LogP contribution in [0, 0.1) is 19.7 Å². The number of hydrogen-bond acceptors (Lipinski definition) is 1. The van der Waals surface area contributed by atoms with Gasteiger partial charge in [0.05, 0.1) is 0 Å². The van der Waals surface area contributed by atoms with Crippen LogP contribution in [0.2, 0.25) is 0 Å². The molecule has 0 aliphatic rings. The molecule has 98 valence electrons. The first-order chi connectivity index (χ1) is 9.06. The van der Waals surface area contributed by atoms with Gasteiger partial charge in [-0.15, -0.1) is 0 Å². The standard InChI is InChI=1S/C15H15FN2O/c1-10-6-8-12(9-7-10)17-15(19)18-14-5-3-4-13(16)11(14)2/h3-9H,1-2H3,(H2,17,18,19). The molecule has 0 aliphatic heterocycles. The Bertz CT molecular complexity index is 594. The maximum atomic E-state index is 13.3. The van der Waals surface area contributed by atoms with Crippen LogP contribution >= 0.6 is 0 Å². The number of anilines is 2. The van der Waals surface area contributed by atoms with Crippen LogP contribution in [-0.2, 0) is 0 Å². The molecule has 0 fully saturated rings. The number of carbonyl (C=O) groups is 1. The van der Waals surface area contributed by atoms with Crippen LogP contribution in [0.1, 0.15) is 11.1 Å². The van der Waals surface area contributed by atoms with E-state index in [9.17, 15) is 9.18 Å². The number of carbonyl (C=O) groups excluding carboxylic acids is 1. The van der Waals surface area contributed by atoms with E-state index in [0.29, 0.717) is 16.9 Å². The van der Waals surface area contributed by atoms with Crippen molar-refractivity contribution in [2.75, 3.05) is 10.6 Å². The van der Waals surface area contributed by atoms with Gasteiger partial charge in [0, 0.05) is 16.9 Å². The van der Waals surface area contributed by atoms with Crippen molar-refractivity contribution >= 4 is 17.4 Å². The van der Waals surface area contributed by atoms with Crippen LogP contribution in [0.4, 0.5) is 20.6 Å². The molecule has 0 bridgehead atoms. The first-order valence-electron chi connectivity index (χ1n) is 5.96. The average Bonchev–Trinajstić information content (AvgIpc) is 2.38. The average molecular weight is 258 g/mol. The minimum Gasteiger partial charge on any atom is -0.308 e. The van der Waals surface area contributed by atoms with Crippen LogP contribution in [-0.4, -0.2) is 6.03 Å². The van der Waals surface area contributed by atoms with E-state index in [4.69, 9.17) is 0 Å². The number of amides is 2. The molecule has 0 radical (unpaired) electrons. The lowest BCUT2D eigenvalue weighted by Gasteiger charge is -2.10. The molecule has 19 heavy (non-hydrogen) atoms. The lowest BCUT2D eigenvalue weighted by Crippen LogP contribution is -2.20. The molecule has 0 saturated carbocycles. The zero-order chi connectivity index (χ0) is 13.8.